The fourth-order valence-corrected chi connectivity index (χ4v) is 3.66. The predicted molar refractivity (Wildman–Crippen MR) is 95.9 cm³/mol. The second kappa shape index (κ2) is 6.25. The van der Waals surface area contributed by atoms with E-state index in [2.05, 4.69) is 0 Å². The van der Waals surface area contributed by atoms with E-state index in [1.807, 2.05) is 24.5 Å². The maximum absolute atomic E-state index is 12.1. The van der Waals surface area contributed by atoms with Gasteiger partial charge >= 0.3 is 5.97 Å². The number of likely N-dealkylation sites (N-methyl/N-ethyl adjacent to an activating group) is 1. The second-order valence-electron chi connectivity index (χ2n) is 5.72. The molecule has 1 aromatic heterocycles. The molecule has 0 unspecified atom stereocenters. The number of carboxylic acids is 1. The zero-order valence-corrected chi connectivity index (χ0v) is 14.8. The van der Waals surface area contributed by atoms with Gasteiger partial charge in [-0.1, -0.05) is 12.1 Å². The molecular formula is C18H16N2O4S. The quantitative estimate of drug-likeness (QED) is 0.852. The number of rotatable bonds is 3. The van der Waals surface area contributed by atoms with Crippen LogP contribution in [-0.4, -0.2) is 38.7 Å². The lowest BCUT2D eigenvalue weighted by atomic mass is 10.1. The summed E-state index contributed by atoms with van der Waals surface area (Å²) < 4.78 is 1.84. The molecular weight excluding hydrogens is 340 g/mol. The number of hydrogen-bond donors (Lipinski definition) is 1. The lowest BCUT2D eigenvalue weighted by molar-refractivity contribution is -0.121. The first-order valence-electron chi connectivity index (χ1n) is 7.54. The molecule has 1 N–H and O–H groups in total. The Kier molecular flexibility index (Phi) is 4.26. The van der Waals surface area contributed by atoms with Gasteiger partial charge in [0.1, 0.15) is 0 Å². The normalized spacial score (nSPS) is 16.1. The van der Waals surface area contributed by atoms with Crippen LogP contribution in [0.1, 0.15) is 27.3 Å². The Morgan fingerprint density at radius 2 is 1.88 bits per heavy atom. The van der Waals surface area contributed by atoms with E-state index in [9.17, 15) is 19.5 Å². The topological polar surface area (TPSA) is 79.6 Å². The fraction of sp³-hybridized carbons (Fsp3) is 0.167. The Morgan fingerprint density at radius 1 is 1.20 bits per heavy atom. The van der Waals surface area contributed by atoms with E-state index in [0.717, 1.165) is 33.6 Å². The van der Waals surface area contributed by atoms with Crippen LogP contribution in [0.25, 0.3) is 11.8 Å². The van der Waals surface area contributed by atoms with Crippen molar-refractivity contribution in [3.8, 4) is 5.69 Å². The highest BCUT2D eigenvalue weighted by Gasteiger charge is 2.32. The number of carboxylic acid groups (broad SMARTS) is 1. The van der Waals surface area contributed by atoms with E-state index < -0.39 is 5.97 Å². The standard InChI is InChI=1S/C18H16N2O4S/c1-10-8-12(9-15-16(21)19(3)18(24)25-15)11(2)20(10)14-7-5-4-6-13(14)17(22)23/h4-9H,1-3H3,(H,22,23)/b15-9+. The SMILES string of the molecule is Cc1cc(/C=C2/SC(=O)N(C)C2=O)c(C)n1-c1ccccc1C(=O)O. The highest BCUT2D eigenvalue weighted by atomic mass is 32.2. The molecule has 0 saturated carbocycles. The number of carbonyl (C=O) groups excluding carboxylic acids is 2. The van der Waals surface area contributed by atoms with Crippen LogP contribution in [0.2, 0.25) is 0 Å². The third-order valence-electron chi connectivity index (χ3n) is 4.12. The molecule has 2 aromatic rings. The third kappa shape index (κ3) is 2.87. The van der Waals surface area contributed by atoms with Crippen molar-refractivity contribution in [3.63, 3.8) is 0 Å². The van der Waals surface area contributed by atoms with Crippen molar-refractivity contribution in [2.75, 3.05) is 7.05 Å². The van der Waals surface area contributed by atoms with Crippen LogP contribution >= 0.6 is 11.8 Å². The largest absolute Gasteiger partial charge is 0.478 e. The molecule has 0 aliphatic carbocycles. The van der Waals surface area contributed by atoms with Crippen LogP contribution in [-0.2, 0) is 4.79 Å². The summed E-state index contributed by atoms with van der Waals surface area (Å²) in [6.45, 7) is 3.72. The monoisotopic (exact) mass is 356 g/mol. The summed E-state index contributed by atoms with van der Waals surface area (Å²) in [5, 5.41) is 9.12. The minimum absolute atomic E-state index is 0.199. The van der Waals surface area contributed by atoms with E-state index in [4.69, 9.17) is 0 Å². The van der Waals surface area contributed by atoms with Gasteiger partial charge in [-0.05, 0) is 55.4 Å². The number of benzene rings is 1. The molecule has 3 rings (SSSR count). The Hall–Kier alpha value is -2.80. The Bertz CT molecular complexity index is 943. The van der Waals surface area contributed by atoms with Gasteiger partial charge in [-0.2, -0.15) is 0 Å². The van der Waals surface area contributed by atoms with Gasteiger partial charge in [0.2, 0.25) is 0 Å². The molecule has 1 aliphatic rings. The number of amides is 2. The summed E-state index contributed by atoms with van der Waals surface area (Å²) in [6, 6.07) is 8.63. The van der Waals surface area contributed by atoms with Crippen molar-refractivity contribution in [1.29, 1.82) is 0 Å². The molecule has 1 aromatic carbocycles. The molecule has 0 bridgehead atoms. The highest BCUT2D eigenvalue weighted by Crippen LogP contribution is 2.33. The first-order chi connectivity index (χ1) is 11.8. The Balaban J connectivity index is 2.11. The van der Waals surface area contributed by atoms with E-state index in [0.29, 0.717) is 10.6 Å². The number of aromatic carboxylic acids is 1. The maximum Gasteiger partial charge on any atom is 0.337 e. The van der Waals surface area contributed by atoms with Crippen LogP contribution in [0.5, 0.6) is 0 Å². The van der Waals surface area contributed by atoms with Gasteiger partial charge in [-0.25, -0.2) is 4.79 Å². The first-order valence-corrected chi connectivity index (χ1v) is 8.36. The molecule has 7 heteroatoms. The van der Waals surface area contributed by atoms with Gasteiger partial charge in [0.15, 0.2) is 0 Å². The first kappa shape index (κ1) is 17.0. The zero-order valence-electron chi connectivity index (χ0n) is 13.9. The van der Waals surface area contributed by atoms with Gasteiger partial charge in [0, 0.05) is 18.4 Å². The van der Waals surface area contributed by atoms with E-state index in [1.54, 1.807) is 30.3 Å². The number of hydrogen-bond acceptors (Lipinski definition) is 4. The molecule has 0 atom stereocenters. The van der Waals surface area contributed by atoms with Crippen LogP contribution in [0.15, 0.2) is 35.2 Å². The molecule has 0 spiro atoms. The smallest absolute Gasteiger partial charge is 0.337 e. The number of aromatic nitrogens is 1. The molecule has 1 saturated heterocycles. The average Bonchev–Trinajstić information content (AvgIpc) is 2.98. The van der Waals surface area contributed by atoms with Crippen LogP contribution in [0, 0.1) is 13.8 Å². The maximum atomic E-state index is 12.1. The lowest BCUT2D eigenvalue weighted by Crippen LogP contribution is -2.22. The van der Waals surface area contributed by atoms with Crippen molar-refractivity contribution in [1.82, 2.24) is 9.47 Å². The average molecular weight is 356 g/mol. The van der Waals surface area contributed by atoms with Crippen molar-refractivity contribution in [2.24, 2.45) is 0 Å². The number of carbonyl (C=O) groups is 3. The molecule has 128 valence electrons. The number of nitrogens with zero attached hydrogens (tertiary/aromatic N) is 2. The van der Waals surface area contributed by atoms with Crippen molar-refractivity contribution in [3.05, 3.63) is 57.8 Å². The Morgan fingerprint density at radius 3 is 2.48 bits per heavy atom. The Labute approximate surface area is 148 Å². The second-order valence-corrected chi connectivity index (χ2v) is 6.72. The molecule has 2 heterocycles. The van der Waals surface area contributed by atoms with E-state index in [1.165, 1.54) is 7.05 Å². The summed E-state index contributed by atoms with van der Waals surface area (Å²) in [7, 11) is 1.45. The number of para-hydroxylation sites is 1. The molecule has 0 radical (unpaired) electrons. The number of imide groups is 1. The van der Waals surface area contributed by atoms with Crippen LogP contribution < -0.4 is 0 Å². The summed E-state index contributed by atoms with van der Waals surface area (Å²) in [5.41, 5.74) is 3.18. The van der Waals surface area contributed by atoms with E-state index in [-0.39, 0.29) is 16.7 Å². The number of thioether (sulfide) groups is 1. The summed E-state index contributed by atoms with van der Waals surface area (Å²) in [6.07, 6.45) is 1.68. The highest BCUT2D eigenvalue weighted by molar-refractivity contribution is 8.18. The molecule has 1 aliphatic heterocycles. The predicted octanol–water partition coefficient (Wildman–Crippen LogP) is 3.46. The summed E-state index contributed by atoms with van der Waals surface area (Å²) in [4.78, 5) is 36.6. The minimum Gasteiger partial charge on any atom is -0.478 e. The minimum atomic E-state index is -1.00. The number of aryl methyl sites for hydroxylation is 1. The van der Waals surface area contributed by atoms with Gasteiger partial charge in [-0.3, -0.25) is 14.5 Å². The summed E-state index contributed by atoms with van der Waals surface area (Å²) >= 11 is 0.899. The fourth-order valence-electron chi connectivity index (χ4n) is 2.84. The molecule has 6 nitrogen and oxygen atoms in total. The van der Waals surface area contributed by atoms with Gasteiger partial charge in [0.25, 0.3) is 11.1 Å². The third-order valence-corrected chi connectivity index (χ3v) is 5.08. The molecule has 2 amide bonds. The molecule has 25 heavy (non-hydrogen) atoms. The van der Waals surface area contributed by atoms with Gasteiger partial charge in [-0.15, -0.1) is 0 Å². The van der Waals surface area contributed by atoms with Crippen molar-refractivity contribution in [2.45, 2.75) is 13.8 Å². The van der Waals surface area contributed by atoms with Gasteiger partial charge in [0.05, 0.1) is 16.2 Å². The zero-order chi connectivity index (χ0) is 18.3. The van der Waals surface area contributed by atoms with Crippen molar-refractivity contribution >= 4 is 35.0 Å². The van der Waals surface area contributed by atoms with E-state index >= 15 is 0 Å². The van der Waals surface area contributed by atoms with Crippen molar-refractivity contribution < 1.29 is 19.5 Å². The van der Waals surface area contributed by atoms with Crippen LogP contribution in [0.3, 0.4) is 0 Å². The lowest BCUT2D eigenvalue weighted by Gasteiger charge is -2.12. The van der Waals surface area contributed by atoms with Gasteiger partial charge < -0.3 is 9.67 Å². The summed E-state index contributed by atoms with van der Waals surface area (Å²) in [5.74, 6) is -1.33. The van der Waals surface area contributed by atoms with Crippen LogP contribution in [0.4, 0.5) is 4.79 Å². The molecule has 1 fully saturated rings.